The molecule has 7 heteroatoms. The van der Waals surface area contributed by atoms with Gasteiger partial charge in [-0.3, -0.25) is 14.6 Å². The van der Waals surface area contributed by atoms with Gasteiger partial charge in [-0.2, -0.15) is 0 Å². The van der Waals surface area contributed by atoms with Crippen LogP contribution in [0, 0.1) is 18.7 Å². The first-order valence-electron chi connectivity index (χ1n) is 8.81. The Bertz CT molecular complexity index is 834. The fourth-order valence-electron chi connectivity index (χ4n) is 3.44. The zero-order valence-electron chi connectivity index (χ0n) is 14.8. The molecular weight excluding hydrogens is 335 g/mol. The second-order valence-corrected chi connectivity index (χ2v) is 6.77. The molecule has 0 spiro atoms. The summed E-state index contributed by atoms with van der Waals surface area (Å²) in [5.41, 5.74) is 7.01. The van der Waals surface area contributed by atoms with Gasteiger partial charge in [0.2, 0.25) is 5.91 Å². The van der Waals surface area contributed by atoms with Crippen LogP contribution in [-0.2, 0) is 4.79 Å². The Morgan fingerprint density at radius 1 is 1.38 bits per heavy atom. The molecule has 3 N–H and O–H groups in total. The first kappa shape index (κ1) is 18.3. The van der Waals surface area contributed by atoms with Crippen molar-refractivity contribution in [1.29, 1.82) is 0 Å². The van der Waals surface area contributed by atoms with Gasteiger partial charge in [-0.05, 0) is 44.5 Å². The summed E-state index contributed by atoms with van der Waals surface area (Å²) in [7, 11) is 0. The normalized spacial score (nSPS) is 18.0. The Morgan fingerprint density at radius 2 is 2.19 bits per heavy atom. The quantitative estimate of drug-likeness (QED) is 0.850. The van der Waals surface area contributed by atoms with Crippen molar-refractivity contribution in [1.82, 2.24) is 15.2 Å². The summed E-state index contributed by atoms with van der Waals surface area (Å²) in [4.78, 5) is 30.4. The van der Waals surface area contributed by atoms with Gasteiger partial charge in [0.15, 0.2) is 0 Å². The molecule has 0 radical (unpaired) electrons. The number of hydrogen-bond donors (Lipinski definition) is 2. The molecule has 1 fully saturated rings. The average Bonchev–Trinajstić information content (AvgIpc) is 2.60. The van der Waals surface area contributed by atoms with E-state index in [0.717, 1.165) is 19.4 Å². The first-order valence-corrected chi connectivity index (χ1v) is 8.81. The fraction of sp³-hybridized carbons (Fsp3) is 0.421. The van der Waals surface area contributed by atoms with Crippen LogP contribution in [0.25, 0.3) is 10.9 Å². The number of hydrogen-bond acceptors (Lipinski definition) is 4. The third kappa shape index (κ3) is 4.16. The lowest BCUT2D eigenvalue weighted by molar-refractivity contribution is -0.123. The molecule has 0 aliphatic carbocycles. The largest absolute Gasteiger partial charge is 0.369 e. The van der Waals surface area contributed by atoms with Crippen LogP contribution in [0.5, 0.6) is 0 Å². The number of benzene rings is 1. The van der Waals surface area contributed by atoms with Crippen molar-refractivity contribution in [3.8, 4) is 0 Å². The molecule has 3 rings (SSSR count). The molecule has 0 saturated carbocycles. The Balaban J connectivity index is 1.64. The topological polar surface area (TPSA) is 88.3 Å². The smallest absolute Gasteiger partial charge is 0.252 e. The molecule has 26 heavy (non-hydrogen) atoms. The predicted molar refractivity (Wildman–Crippen MR) is 97.1 cm³/mol. The Morgan fingerprint density at radius 3 is 2.96 bits per heavy atom. The molecule has 2 aromatic rings. The lowest BCUT2D eigenvalue weighted by Crippen LogP contribution is -2.44. The maximum atomic E-state index is 13.4. The standard InChI is InChI=1S/C19H23FN4O2/c1-12-9-16(15-5-4-14(20)10-17(15)23-12)19(26)22-6-8-24-7-2-3-13(11-24)18(21)25/h4-5,9-10,13H,2-3,6-8,11H2,1H3,(H2,21,25)(H,22,26). The van der Waals surface area contributed by atoms with E-state index < -0.39 is 0 Å². The number of primary amides is 1. The maximum absolute atomic E-state index is 13.4. The zero-order valence-corrected chi connectivity index (χ0v) is 14.8. The summed E-state index contributed by atoms with van der Waals surface area (Å²) in [5, 5.41) is 3.53. The highest BCUT2D eigenvalue weighted by Gasteiger charge is 2.23. The molecule has 1 aliphatic heterocycles. The molecule has 2 amide bonds. The molecule has 1 atom stereocenters. The second kappa shape index (κ2) is 7.78. The van der Waals surface area contributed by atoms with E-state index in [4.69, 9.17) is 5.73 Å². The number of carbonyl (C=O) groups excluding carboxylic acids is 2. The maximum Gasteiger partial charge on any atom is 0.252 e. The average molecular weight is 358 g/mol. The lowest BCUT2D eigenvalue weighted by atomic mass is 9.97. The zero-order chi connectivity index (χ0) is 18.7. The molecular formula is C19H23FN4O2. The van der Waals surface area contributed by atoms with Crippen molar-refractivity contribution in [2.24, 2.45) is 11.7 Å². The van der Waals surface area contributed by atoms with Crippen LogP contribution in [0.1, 0.15) is 28.9 Å². The highest BCUT2D eigenvalue weighted by atomic mass is 19.1. The first-order chi connectivity index (χ1) is 12.4. The highest BCUT2D eigenvalue weighted by molar-refractivity contribution is 6.06. The molecule has 1 aromatic heterocycles. The van der Waals surface area contributed by atoms with Gasteiger partial charge in [0.25, 0.3) is 5.91 Å². The summed E-state index contributed by atoms with van der Waals surface area (Å²) in [6, 6.07) is 5.94. The number of aryl methyl sites for hydroxylation is 1. The minimum atomic E-state index is -0.379. The summed E-state index contributed by atoms with van der Waals surface area (Å²) in [5.74, 6) is -0.961. The van der Waals surface area contributed by atoms with Gasteiger partial charge in [0, 0.05) is 36.8 Å². The number of carbonyl (C=O) groups is 2. The molecule has 1 unspecified atom stereocenters. The number of fused-ring (bicyclic) bond motifs is 1. The van der Waals surface area contributed by atoms with E-state index >= 15 is 0 Å². The number of likely N-dealkylation sites (tertiary alicyclic amines) is 1. The van der Waals surface area contributed by atoms with Crippen LogP contribution in [0.15, 0.2) is 24.3 Å². The molecule has 0 bridgehead atoms. The summed E-state index contributed by atoms with van der Waals surface area (Å²) >= 11 is 0. The minimum absolute atomic E-state index is 0.110. The van der Waals surface area contributed by atoms with E-state index in [1.165, 1.54) is 12.1 Å². The van der Waals surface area contributed by atoms with Crippen LogP contribution in [0.2, 0.25) is 0 Å². The fourth-order valence-corrected chi connectivity index (χ4v) is 3.44. The minimum Gasteiger partial charge on any atom is -0.369 e. The number of piperidine rings is 1. The predicted octanol–water partition coefficient (Wildman–Crippen LogP) is 1.61. The number of amides is 2. The second-order valence-electron chi connectivity index (χ2n) is 6.77. The van der Waals surface area contributed by atoms with Crippen molar-refractivity contribution in [2.75, 3.05) is 26.2 Å². The van der Waals surface area contributed by atoms with Gasteiger partial charge in [-0.25, -0.2) is 4.39 Å². The van der Waals surface area contributed by atoms with Crippen LogP contribution in [0.3, 0.4) is 0 Å². The molecule has 1 aliphatic rings. The number of pyridine rings is 1. The van der Waals surface area contributed by atoms with Crippen LogP contribution in [-0.4, -0.2) is 47.9 Å². The van der Waals surface area contributed by atoms with E-state index in [1.807, 2.05) is 0 Å². The number of nitrogens with one attached hydrogen (secondary N) is 1. The van der Waals surface area contributed by atoms with Crippen molar-refractivity contribution >= 4 is 22.7 Å². The molecule has 1 aromatic carbocycles. The Hall–Kier alpha value is -2.54. The third-order valence-electron chi connectivity index (χ3n) is 4.77. The van der Waals surface area contributed by atoms with Gasteiger partial charge in [0.1, 0.15) is 5.82 Å². The number of halogens is 1. The molecule has 1 saturated heterocycles. The van der Waals surface area contributed by atoms with Crippen molar-refractivity contribution in [3.05, 3.63) is 41.3 Å². The lowest BCUT2D eigenvalue weighted by Gasteiger charge is -2.31. The van der Waals surface area contributed by atoms with Crippen molar-refractivity contribution in [3.63, 3.8) is 0 Å². The van der Waals surface area contributed by atoms with Gasteiger partial charge in [0.05, 0.1) is 17.0 Å². The Labute approximate surface area is 151 Å². The monoisotopic (exact) mass is 358 g/mol. The summed E-state index contributed by atoms with van der Waals surface area (Å²) in [6.45, 7) is 4.44. The van der Waals surface area contributed by atoms with E-state index in [2.05, 4.69) is 15.2 Å². The number of rotatable bonds is 5. The van der Waals surface area contributed by atoms with E-state index in [1.54, 1.807) is 19.1 Å². The van der Waals surface area contributed by atoms with Crippen LogP contribution < -0.4 is 11.1 Å². The van der Waals surface area contributed by atoms with E-state index in [9.17, 15) is 14.0 Å². The third-order valence-corrected chi connectivity index (χ3v) is 4.77. The van der Waals surface area contributed by atoms with E-state index in [-0.39, 0.29) is 23.5 Å². The summed E-state index contributed by atoms with van der Waals surface area (Å²) in [6.07, 6.45) is 1.76. The van der Waals surface area contributed by atoms with Crippen LogP contribution in [0.4, 0.5) is 4.39 Å². The van der Waals surface area contributed by atoms with Crippen molar-refractivity contribution in [2.45, 2.75) is 19.8 Å². The Kier molecular flexibility index (Phi) is 5.46. The van der Waals surface area contributed by atoms with Crippen molar-refractivity contribution < 1.29 is 14.0 Å². The van der Waals surface area contributed by atoms with Gasteiger partial charge >= 0.3 is 0 Å². The highest BCUT2D eigenvalue weighted by Crippen LogP contribution is 2.20. The summed E-state index contributed by atoms with van der Waals surface area (Å²) < 4.78 is 13.4. The van der Waals surface area contributed by atoms with Crippen LogP contribution >= 0.6 is 0 Å². The SMILES string of the molecule is Cc1cc(C(=O)NCCN2CCCC(C(N)=O)C2)c2ccc(F)cc2n1. The van der Waals surface area contributed by atoms with Gasteiger partial charge in [-0.1, -0.05) is 0 Å². The molecule has 2 heterocycles. The molecule has 138 valence electrons. The van der Waals surface area contributed by atoms with Gasteiger partial charge in [-0.15, -0.1) is 0 Å². The molecule has 6 nitrogen and oxygen atoms in total. The number of aromatic nitrogens is 1. The number of nitrogens with zero attached hydrogens (tertiary/aromatic N) is 2. The number of nitrogens with two attached hydrogens (primary N) is 1. The van der Waals surface area contributed by atoms with Gasteiger partial charge < -0.3 is 16.0 Å². The van der Waals surface area contributed by atoms with E-state index in [0.29, 0.717) is 41.8 Å².